The third-order valence-electron chi connectivity index (χ3n) is 5.76. The summed E-state index contributed by atoms with van der Waals surface area (Å²) in [6.45, 7) is 4.49. The van der Waals surface area contributed by atoms with E-state index in [0.29, 0.717) is 0 Å². The van der Waals surface area contributed by atoms with E-state index in [0.717, 1.165) is 44.0 Å². The van der Waals surface area contributed by atoms with E-state index in [1.807, 2.05) is 0 Å². The van der Waals surface area contributed by atoms with E-state index in [2.05, 4.69) is 70.6 Å². The highest BCUT2D eigenvalue weighted by atomic mass is 32.1. The zero-order valence-corrected chi connectivity index (χ0v) is 20.8. The van der Waals surface area contributed by atoms with Gasteiger partial charge in [-0.25, -0.2) is 0 Å². The second-order valence-corrected chi connectivity index (χ2v) is 10.5. The largest absolute Gasteiger partial charge is 0.147 e. The first kappa shape index (κ1) is 23.0. The quantitative estimate of drug-likeness (QED) is 0.199. The molecule has 4 nitrogen and oxygen atoms in total. The van der Waals surface area contributed by atoms with E-state index in [1.54, 1.807) is 22.7 Å². The second kappa shape index (κ2) is 11.6. The number of hydrogen-bond acceptors (Lipinski definition) is 6. The fourth-order valence-electron chi connectivity index (χ4n) is 3.86. The molecule has 6 heteroatoms. The van der Waals surface area contributed by atoms with E-state index in [-0.39, 0.29) is 0 Å². The van der Waals surface area contributed by atoms with Gasteiger partial charge in [-0.15, -0.1) is 20.4 Å². The topological polar surface area (TPSA) is 51.6 Å². The van der Waals surface area contributed by atoms with Crippen molar-refractivity contribution in [2.24, 2.45) is 0 Å². The Labute approximate surface area is 199 Å². The van der Waals surface area contributed by atoms with Gasteiger partial charge in [0, 0.05) is 24.0 Å². The average molecular weight is 465 g/mol. The number of hydrogen-bond donors (Lipinski definition) is 0. The molecule has 2 aromatic carbocycles. The number of rotatable bonds is 12. The number of aryl methyl sites for hydroxylation is 2. The van der Waals surface area contributed by atoms with Gasteiger partial charge in [-0.05, 0) is 35.7 Å². The maximum atomic E-state index is 4.47. The van der Waals surface area contributed by atoms with Gasteiger partial charge in [0.25, 0.3) is 0 Å². The first-order chi connectivity index (χ1) is 15.8. The SMILES string of the molecule is CCCCCCc1nnc(-c2ccc3ccc(-c4nnc(CCCCCC)s4)cc3c2)s1. The van der Waals surface area contributed by atoms with Gasteiger partial charge in [0.1, 0.15) is 20.0 Å². The molecule has 4 aromatic rings. The molecular weight excluding hydrogens is 432 g/mol. The maximum absolute atomic E-state index is 4.47. The number of aromatic nitrogens is 4. The fraction of sp³-hybridized carbons (Fsp3) is 0.462. The molecular formula is C26H32N4S2. The van der Waals surface area contributed by atoms with Gasteiger partial charge in [0.2, 0.25) is 0 Å². The summed E-state index contributed by atoms with van der Waals surface area (Å²) in [6.07, 6.45) is 12.1. The highest BCUT2D eigenvalue weighted by Crippen LogP contribution is 2.31. The third-order valence-corrected chi connectivity index (χ3v) is 7.82. The number of benzene rings is 2. The van der Waals surface area contributed by atoms with Crippen LogP contribution in [0.4, 0.5) is 0 Å². The molecule has 0 saturated heterocycles. The molecule has 0 saturated carbocycles. The van der Waals surface area contributed by atoms with Crippen LogP contribution in [0, 0.1) is 0 Å². The van der Waals surface area contributed by atoms with Crippen molar-refractivity contribution in [2.75, 3.05) is 0 Å². The number of unbranched alkanes of at least 4 members (excludes halogenated alkanes) is 6. The van der Waals surface area contributed by atoms with Crippen molar-refractivity contribution >= 4 is 33.4 Å². The van der Waals surface area contributed by atoms with E-state index >= 15 is 0 Å². The molecule has 0 unspecified atom stereocenters. The molecule has 0 aliphatic rings. The van der Waals surface area contributed by atoms with Crippen LogP contribution in [0.1, 0.15) is 75.2 Å². The van der Waals surface area contributed by atoms with E-state index in [4.69, 9.17) is 0 Å². The Kier molecular flexibility index (Phi) is 8.35. The lowest BCUT2D eigenvalue weighted by Gasteiger charge is -2.03. The highest BCUT2D eigenvalue weighted by molar-refractivity contribution is 7.15. The van der Waals surface area contributed by atoms with E-state index in [9.17, 15) is 0 Å². The lowest BCUT2D eigenvalue weighted by Crippen LogP contribution is -1.84. The van der Waals surface area contributed by atoms with Crippen LogP contribution >= 0.6 is 22.7 Å². The van der Waals surface area contributed by atoms with Crippen LogP contribution in [0.15, 0.2) is 36.4 Å². The lowest BCUT2D eigenvalue weighted by atomic mass is 10.0. The Bertz CT molecular complexity index is 1050. The molecule has 32 heavy (non-hydrogen) atoms. The van der Waals surface area contributed by atoms with Crippen molar-refractivity contribution in [1.82, 2.24) is 20.4 Å². The molecule has 0 N–H and O–H groups in total. The third kappa shape index (κ3) is 5.99. The number of nitrogens with zero attached hydrogens (tertiary/aromatic N) is 4. The molecule has 0 fully saturated rings. The summed E-state index contributed by atoms with van der Waals surface area (Å²) in [6, 6.07) is 13.1. The minimum Gasteiger partial charge on any atom is -0.143 e. The predicted octanol–water partition coefficient (Wildman–Crippen LogP) is 8.12. The predicted molar refractivity (Wildman–Crippen MR) is 137 cm³/mol. The summed E-state index contributed by atoms with van der Waals surface area (Å²) in [5, 5.41) is 24.5. The Hall–Kier alpha value is -2.18. The highest BCUT2D eigenvalue weighted by Gasteiger charge is 2.10. The van der Waals surface area contributed by atoms with Crippen LogP contribution in [0.2, 0.25) is 0 Å². The van der Waals surface area contributed by atoms with Crippen LogP contribution in [-0.4, -0.2) is 20.4 Å². The normalized spacial score (nSPS) is 11.4. The van der Waals surface area contributed by atoms with Crippen molar-refractivity contribution in [1.29, 1.82) is 0 Å². The van der Waals surface area contributed by atoms with Crippen LogP contribution in [-0.2, 0) is 12.8 Å². The summed E-state index contributed by atoms with van der Waals surface area (Å²) in [5.74, 6) is 0. The van der Waals surface area contributed by atoms with Crippen LogP contribution in [0.5, 0.6) is 0 Å². The van der Waals surface area contributed by atoms with E-state index < -0.39 is 0 Å². The zero-order valence-electron chi connectivity index (χ0n) is 19.1. The smallest absolute Gasteiger partial charge is 0.143 e. The molecule has 2 aromatic heterocycles. The summed E-state index contributed by atoms with van der Waals surface area (Å²) in [4.78, 5) is 0. The number of fused-ring (bicyclic) bond motifs is 1. The molecule has 0 amide bonds. The summed E-state index contributed by atoms with van der Waals surface area (Å²) in [7, 11) is 0. The van der Waals surface area contributed by atoms with Crippen molar-refractivity contribution in [3.8, 4) is 21.1 Å². The molecule has 0 radical (unpaired) electrons. The molecule has 0 spiro atoms. The van der Waals surface area contributed by atoms with Crippen molar-refractivity contribution in [3.63, 3.8) is 0 Å². The first-order valence-electron chi connectivity index (χ1n) is 12.0. The molecule has 0 aliphatic carbocycles. The van der Waals surface area contributed by atoms with E-state index in [1.165, 1.54) is 62.1 Å². The molecule has 0 aliphatic heterocycles. The van der Waals surface area contributed by atoms with Gasteiger partial charge in [-0.2, -0.15) is 0 Å². The maximum Gasteiger partial charge on any atom is 0.147 e. The summed E-state index contributed by atoms with van der Waals surface area (Å²) in [5.41, 5.74) is 2.28. The van der Waals surface area contributed by atoms with Crippen molar-refractivity contribution in [3.05, 3.63) is 46.4 Å². The first-order valence-corrected chi connectivity index (χ1v) is 13.6. The molecule has 0 bridgehead atoms. The van der Waals surface area contributed by atoms with Crippen LogP contribution in [0.3, 0.4) is 0 Å². The monoisotopic (exact) mass is 464 g/mol. The van der Waals surface area contributed by atoms with Crippen LogP contribution in [0.25, 0.3) is 31.9 Å². The van der Waals surface area contributed by atoms with Gasteiger partial charge in [0.05, 0.1) is 0 Å². The van der Waals surface area contributed by atoms with Crippen molar-refractivity contribution in [2.45, 2.75) is 78.1 Å². The Morgan fingerprint density at radius 2 is 1.06 bits per heavy atom. The summed E-state index contributed by atoms with van der Waals surface area (Å²) >= 11 is 3.45. The molecule has 0 atom stereocenters. The standard InChI is InChI=1S/C26H32N4S2/c1-3-5-7-9-11-23-27-29-25(31-23)20-15-13-19-14-16-21(18-22(19)17-20)26-30-28-24(32-26)12-10-8-6-4-2/h13-18H,3-12H2,1-2H3. The summed E-state index contributed by atoms with van der Waals surface area (Å²) < 4.78 is 0. The molecule has 4 rings (SSSR count). The van der Waals surface area contributed by atoms with Crippen LogP contribution < -0.4 is 0 Å². The zero-order chi connectivity index (χ0) is 22.2. The van der Waals surface area contributed by atoms with Crippen molar-refractivity contribution < 1.29 is 0 Å². The Balaban J connectivity index is 1.48. The molecule has 168 valence electrons. The van der Waals surface area contributed by atoms with Gasteiger partial charge in [-0.1, -0.05) is 99.3 Å². The minimum absolute atomic E-state index is 1.01. The van der Waals surface area contributed by atoms with Gasteiger partial charge in [0.15, 0.2) is 0 Å². The Morgan fingerprint density at radius 3 is 1.53 bits per heavy atom. The lowest BCUT2D eigenvalue weighted by molar-refractivity contribution is 0.663. The van der Waals surface area contributed by atoms with Gasteiger partial charge < -0.3 is 0 Å². The second-order valence-electron chi connectivity index (χ2n) is 8.40. The fourth-order valence-corrected chi connectivity index (χ4v) is 5.62. The molecule has 2 heterocycles. The Morgan fingerprint density at radius 1 is 0.562 bits per heavy atom. The minimum atomic E-state index is 1.01. The van der Waals surface area contributed by atoms with Gasteiger partial charge >= 0.3 is 0 Å². The average Bonchev–Trinajstić information content (AvgIpc) is 3.49. The van der Waals surface area contributed by atoms with Gasteiger partial charge in [-0.3, -0.25) is 0 Å².